The molecule has 32 heteroatoms. The molecule has 6 rings (SSSR count). The van der Waals surface area contributed by atoms with Crippen LogP contribution in [0.4, 0.5) is 26.3 Å². The molecule has 13 atom stereocenters. The number of carbonyl (C=O) groups is 12. The fourth-order valence-electron chi connectivity index (χ4n) is 16.8. The Morgan fingerprint density at radius 1 is 0.657 bits per heavy atom. The highest BCUT2D eigenvalue weighted by Crippen LogP contribution is 2.50. The lowest BCUT2D eigenvalue weighted by molar-refractivity contribution is -0.184. The van der Waals surface area contributed by atoms with Gasteiger partial charge in [-0.25, -0.2) is 0 Å². The van der Waals surface area contributed by atoms with Crippen LogP contribution in [0.1, 0.15) is 191 Å². The molecule has 3 aliphatic carbocycles. The Morgan fingerprint density at radius 2 is 1.28 bits per heavy atom. The predicted molar refractivity (Wildman–Crippen MR) is 392 cm³/mol. The number of ether oxygens (including phenoxy) is 1. The van der Waals surface area contributed by atoms with Gasteiger partial charge in [0.15, 0.2) is 0 Å². The van der Waals surface area contributed by atoms with E-state index in [2.05, 4.69) is 16.0 Å². The van der Waals surface area contributed by atoms with Crippen molar-refractivity contribution in [2.75, 3.05) is 89.2 Å². The predicted octanol–water partition coefficient (Wildman–Crippen LogP) is 7.31. The van der Waals surface area contributed by atoms with Crippen LogP contribution in [0.15, 0.2) is 12.2 Å². The summed E-state index contributed by atoms with van der Waals surface area (Å²) in [6.45, 7) is 14.7. The fraction of sp³-hybridized carbons (Fsp3) is 0.816. The van der Waals surface area contributed by atoms with Gasteiger partial charge in [0.1, 0.15) is 53.9 Å². The van der Waals surface area contributed by atoms with Crippen molar-refractivity contribution in [3.05, 3.63) is 12.2 Å². The number of likely N-dealkylation sites (N-methyl/N-ethyl adjacent to an activating group) is 7. The molecule has 612 valence electrons. The summed E-state index contributed by atoms with van der Waals surface area (Å²) >= 11 is 6.43. The topological polar surface area (TPSA) is 279 Å². The first kappa shape index (κ1) is 90.1. The van der Waals surface area contributed by atoms with E-state index in [1.807, 2.05) is 34.6 Å². The minimum Gasteiger partial charge on any atom is -0.377 e. The van der Waals surface area contributed by atoms with Crippen molar-refractivity contribution in [2.45, 2.75) is 268 Å². The molecular weight excluding hydrogens is 1440 g/mol. The normalized spacial score (nSPS) is 31.0. The summed E-state index contributed by atoms with van der Waals surface area (Å²) in [4.78, 5) is 192. The molecule has 12 amide bonds. The highest BCUT2D eigenvalue weighted by Gasteiger charge is 2.59. The van der Waals surface area contributed by atoms with Crippen molar-refractivity contribution >= 4 is 82.5 Å². The van der Waals surface area contributed by atoms with Crippen molar-refractivity contribution in [3.63, 3.8) is 0 Å². The second kappa shape index (κ2) is 37.5. The van der Waals surface area contributed by atoms with Crippen LogP contribution in [-0.4, -0.2) is 282 Å². The van der Waals surface area contributed by atoms with Gasteiger partial charge >= 0.3 is 12.4 Å². The molecule has 6 aliphatic rings. The van der Waals surface area contributed by atoms with Crippen LogP contribution in [0.2, 0.25) is 0 Å². The lowest BCUT2D eigenvalue weighted by Gasteiger charge is -2.54. The van der Waals surface area contributed by atoms with Gasteiger partial charge in [-0.2, -0.15) is 26.3 Å². The molecule has 3 saturated carbocycles. The zero-order valence-corrected chi connectivity index (χ0v) is 67.2. The molecule has 3 unspecified atom stereocenters. The van der Waals surface area contributed by atoms with E-state index in [1.54, 1.807) is 39.8 Å². The first-order chi connectivity index (χ1) is 50.1. The molecule has 0 aromatic rings. The van der Waals surface area contributed by atoms with E-state index in [4.69, 9.17) is 16.3 Å². The van der Waals surface area contributed by atoms with E-state index in [9.17, 15) is 55.1 Å². The highest BCUT2D eigenvalue weighted by atomic mass is 35.5. The van der Waals surface area contributed by atoms with Crippen molar-refractivity contribution in [1.29, 1.82) is 0 Å². The van der Waals surface area contributed by atoms with E-state index in [0.717, 1.165) is 24.5 Å². The summed E-state index contributed by atoms with van der Waals surface area (Å²) in [5.74, 6) is -14.1. The third-order valence-electron chi connectivity index (χ3n) is 23.2. The van der Waals surface area contributed by atoms with Gasteiger partial charge in [0, 0.05) is 87.9 Å². The van der Waals surface area contributed by atoms with Crippen molar-refractivity contribution < 1.29 is 88.6 Å². The average molecular weight is 1560 g/mol. The Balaban J connectivity index is 1.49. The first-order valence-electron chi connectivity index (χ1n) is 38.5. The fourth-order valence-corrected chi connectivity index (χ4v) is 17.4. The number of nitrogens with one attached hydrogen (secondary N) is 3. The zero-order chi connectivity index (χ0) is 81.2. The van der Waals surface area contributed by atoms with Crippen LogP contribution in [-0.2, 0) is 62.3 Å². The van der Waals surface area contributed by atoms with E-state index < -0.39 is 209 Å². The van der Waals surface area contributed by atoms with Gasteiger partial charge in [0.05, 0.1) is 37.5 Å². The highest BCUT2D eigenvalue weighted by molar-refractivity contribution is 6.21. The van der Waals surface area contributed by atoms with Crippen LogP contribution in [0, 0.1) is 40.4 Å². The van der Waals surface area contributed by atoms with Crippen molar-refractivity contribution in [3.8, 4) is 0 Å². The summed E-state index contributed by atoms with van der Waals surface area (Å²) in [6.07, 6.45) is -7.28. The molecule has 1 spiro atoms. The second-order valence-corrected chi connectivity index (χ2v) is 34.2. The van der Waals surface area contributed by atoms with Gasteiger partial charge in [-0.05, 0) is 138 Å². The maximum atomic E-state index is 15.7. The summed E-state index contributed by atoms with van der Waals surface area (Å²) in [5.41, 5.74) is -3.00. The quantitative estimate of drug-likeness (QED) is 0.0928. The molecule has 2 saturated heterocycles. The van der Waals surface area contributed by atoms with Gasteiger partial charge in [-0.1, -0.05) is 80.4 Å². The average Bonchev–Trinajstić information content (AvgIpc) is 0.804. The third kappa shape index (κ3) is 22.7. The molecule has 5 fully saturated rings. The SMILES string of the molecule is CCC[C@H]1C(=O)N[C@@H]([C@@H](C)CC)C(=O)N(C)CC(=O)N(C)[C@H]2C/C=C\CCN(C2=O)[C@@H](CC2CCC(C(F)(F)F)CC2)C(=O)N(C)CC(=O)N[C@@H](CCC2CCC(C(F)(F)F)C(Cl)C2)C(=O)N2C[C@H](OCC)C[C@H]2C(=O)NC2(CC(C)(C)C2)C(=O)N(C)[C@@H](CC(C)(C)C)C(=O)N(C)[C@H](C(=O)N(C)C)CC(=O)N1C. The van der Waals surface area contributed by atoms with Gasteiger partial charge in [0.2, 0.25) is 70.9 Å². The number of hydrogen-bond donors (Lipinski definition) is 3. The largest absolute Gasteiger partial charge is 0.393 e. The summed E-state index contributed by atoms with van der Waals surface area (Å²) in [6, 6.07) is -11.1. The maximum Gasteiger partial charge on any atom is 0.393 e. The van der Waals surface area contributed by atoms with E-state index >= 15 is 28.8 Å². The first-order valence-corrected chi connectivity index (χ1v) is 38.9. The molecule has 3 N–H and O–H groups in total. The Morgan fingerprint density at radius 3 is 1.83 bits per heavy atom. The Labute approximate surface area is 638 Å². The molecule has 2 bridgehead atoms. The van der Waals surface area contributed by atoms with Gasteiger partial charge in [0.25, 0.3) is 0 Å². The number of hydrogen-bond acceptors (Lipinski definition) is 13. The third-order valence-corrected chi connectivity index (χ3v) is 23.7. The van der Waals surface area contributed by atoms with Crippen molar-refractivity contribution in [1.82, 2.24) is 60.0 Å². The van der Waals surface area contributed by atoms with Crippen LogP contribution in [0.25, 0.3) is 0 Å². The van der Waals surface area contributed by atoms with Crippen LogP contribution in [0.3, 0.4) is 0 Å². The maximum absolute atomic E-state index is 15.7. The minimum absolute atomic E-state index is 0.00326. The number of amides is 12. The standard InChI is InChI=1S/C76H121ClF6N12O13/c1-18-24-53-63(99)85-62(45(4)19-2)70(106)89(13)42-61(98)91(15)54-25-22-21-23-34-94(69(54)105)57(36-47-26-30-48(31-27-47)75(78,79)80)67(103)88(12)41-59(96)84-52(33-29-46-28-32-50(51(77)35-46)76(81,82)83)65(101)95-40-49(108-20-3)37-55(95)64(100)86-74(43-73(8,9)44-74)71(107)93(17)58(39-72(5,6)7)68(104)92(16)56(66(102)87(10)11)38-60(97)90(53)14/h21-22,45-58,62H,18-20,23-44H2,1-17H3,(H,84,96)(H,85,99)(H,86,100)/b22-21-/t45-,46?,47?,48?,49+,50?,51?,52-,53-,54-,55-,56-,57-,58-,62-/m0/s1. The molecule has 0 radical (unpaired) electrons. The summed E-state index contributed by atoms with van der Waals surface area (Å²) < 4.78 is 90.9. The van der Waals surface area contributed by atoms with Gasteiger partial charge in [-0.15, -0.1) is 11.6 Å². The molecule has 3 heterocycles. The van der Waals surface area contributed by atoms with E-state index in [-0.39, 0.29) is 129 Å². The minimum atomic E-state index is -4.58. The molecular formula is C76H121ClF6N12O13. The van der Waals surface area contributed by atoms with E-state index in [0.29, 0.717) is 12.8 Å². The van der Waals surface area contributed by atoms with Crippen LogP contribution >= 0.6 is 11.6 Å². The van der Waals surface area contributed by atoms with E-state index in [1.165, 1.54) is 76.0 Å². The number of alkyl halides is 7. The number of fused-ring (bicyclic) bond motifs is 3. The van der Waals surface area contributed by atoms with Gasteiger partial charge in [-0.3, -0.25) is 57.5 Å². The smallest absolute Gasteiger partial charge is 0.377 e. The monoisotopic (exact) mass is 1560 g/mol. The van der Waals surface area contributed by atoms with Gasteiger partial charge < -0.3 is 64.8 Å². The molecule has 3 aliphatic heterocycles. The second-order valence-electron chi connectivity index (χ2n) is 33.7. The molecule has 25 nitrogen and oxygen atoms in total. The zero-order valence-electron chi connectivity index (χ0n) is 66.5. The molecule has 0 aromatic carbocycles. The Hall–Kier alpha value is -6.79. The molecule has 108 heavy (non-hydrogen) atoms. The lowest BCUT2D eigenvalue weighted by Crippen LogP contribution is -2.71. The van der Waals surface area contributed by atoms with Crippen molar-refractivity contribution in [2.24, 2.45) is 40.4 Å². The number of rotatable bonds is 13. The molecule has 0 aromatic heterocycles. The Bertz CT molecular complexity index is 3250. The number of carbonyl (C=O) groups excluding carboxylic acids is 12. The van der Waals surface area contributed by atoms with Crippen LogP contribution in [0.5, 0.6) is 0 Å². The lowest BCUT2D eigenvalue weighted by atomic mass is 9.58. The van der Waals surface area contributed by atoms with Crippen LogP contribution < -0.4 is 16.0 Å². The summed E-state index contributed by atoms with van der Waals surface area (Å²) in [5, 5.41) is 7.32. The Kier molecular flexibility index (Phi) is 31.3. The number of halogens is 7. The summed E-state index contributed by atoms with van der Waals surface area (Å²) in [7, 11) is 11.0. The number of nitrogens with zero attached hydrogens (tertiary/aromatic N) is 9.